The van der Waals surface area contributed by atoms with E-state index in [1.54, 1.807) is 26.0 Å². The molecule has 1 N–H and O–H groups in total. The molecule has 5 aromatic carbocycles. The molecule has 2 aliphatic heterocycles. The van der Waals surface area contributed by atoms with Crippen LogP contribution in [0.15, 0.2) is 121 Å². The van der Waals surface area contributed by atoms with Crippen LogP contribution in [0.4, 0.5) is 23.2 Å². The fraction of sp³-hybridized carbons (Fsp3) is 0.292. The smallest absolute Gasteiger partial charge is 0.489 e. The monoisotopic (exact) mass is 903 g/mol. The Kier molecular flexibility index (Phi) is 13.3. The summed E-state index contributed by atoms with van der Waals surface area (Å²) in [6.07, 6.45) is 3.29. The maximum absolute atomic E-state index is 14.2. The van der Waals surface area contributed by atoms with Crippen molar-refractivity contribution in [2.45, 2.75) is 69.3 Å². The lowest BCUT2D eigenvalue weighted by Crippen LogP contribution is -2.55. The molecule has 64 heavy (non-hydrogen) atoms. The van der Waals surface area contributed by atoms with E-state index in [2.05, 4.69) is 4.18 Å². The van der Waals surface area contributed by atoms with Crippen molar-refractivity contribution in [1.82, 2.24) is 0 Å². The van der Waals surface area contributed by atoms with Gasteiger partial charge in [0, 0.05) is 18.2 Å². The lowest BCUT2D eigenvalue weighted by molar-refractivity contribution is -0.305. The minimum absolute atomic E-state index is 0.0746. The Morgan fingerprint density at radius 2 is 1.52 bits per heavy atom. The van der Waals surface area contributed by atoms with Gasteiger partial charge in [0.1, 0.15) is 35.6 Å². The van der Waals surface area contributed by atoms with Crippen LogP contribution < -0.4 is 13.8 Å². The fourth-order valence-corrected chi connectivity index (χ4v) is 7.96. The molecule has 2 saturated heterocycles. The Bertz CT molecular complexity index is 2580. The number of carbonyl (C=O) groups is 2. The van der Waals surface area contributed by atoms with Crippen LogP contribution in [0.1, 0.15) is 79.1 Å². The summed E-state index contributed by atoms with van der Waals surface area (Å²) in [4.78, 5) is 27.8. The second-order valence-corrected chi connectivity index (χ2v) is 17.5. The molecule has 1 amide bonds. The first kappa shape index (κ1) is 45.9. The molecule has 5 aromatic rings. The standard InChI is InChI=1S/C48H45F4NO10S/c1-31(54)62-42(35-14-18-37(49)19-15-35)26-25-41-44(53(45(41)55)38-20-22-39(23-21-38)63-64(57,58)48(50,51)52)40-24-13-33(27-43(40)59-28-34-7-5-4-6-8-34)10-9-32-11-16-36(17-12-32)47(56)29-60-46(2,3)61-30-47/h4-24,27,41-42,44,56H,25-26,28-30H2,1-3H3/t41-,42+,44-/m1/s1. The number of benzene rings is 5. The Morgan fingerprint density at radius 1 is 0.891 bits per heavy atom. The lowest BCUT2D eigenvalue weighted by Gasteiger charge is -2.48. The van der Waals surface area contributed by atoms with E-state index in [4.69, 9.17) is 18.9 Å². The largest absolute Gasteiger partial charge is 0.534 e. The number of amides is 1. The number of β-lactam (4-membered cyclic amide) rings is 1. The van der Waals surface area contributed by atoms with Crippen molar-refractivity contribution >= 4 is 39.8 Å². The van der Waals surface area contributed by atoms with Gasteiger partial charge < -0.3 is 33.1 Å². The second kappa shape index (κ2) is 18.6. The van der Waals surface area contributed by atoms with Crippen LogP contribution in [0.5, 0.6) is 11.5 Å². The van der Waals surface area contributed by atoms with E-state index in [-0.39, 0.29) is 44.3 Å². The number of hydrogen-bond acceptors (Lipinski definition) is 10. The highest BCUT2D eigenvalue weighted by molar-refractivity contribution is 7.88. The van der Waals surface area contributed by atoms with Gasteiger partial charge >= 0.3 is 21.6 Å². The van der Waals surface area contributed by atoms with Crippen molar-refractivity contribution < 1.29 is 63.8 Å². The third kappa shape index (κ3) is 10.6. The Hall–Kier alpha value is -6.07. The number of hydrogen-bond donors (Lipinski definition) is 1. The van der Waals surface area contributed by atoms with Gasteiger partial charge in [-0.1, -0.05) is 91.0 Å². The van der Waals surface area contributed by atoms with Crippen LogP contribution in [-0.4, -0.2) is 49.9 Å². The number of esters is 1. The van der Waals surface area contributed by atoms with Crippen LogP contribution in [0.2, 0.25) is 0 Å². The van der Waals surface area contributed by atoms with E-state index in [1.165, 1.54) is 48.2 Å². The van der Waals surface area contributed by atoms with Gasteiger partial charge in [0.2, 0.25) is 5.91 Å². The molecule has 2 heterocycles. The molecular formula is C48H45F4NO10S. The predicted molar refractivity (Wildman–Crippen MR) is 228 cm³/mol. The number of anilines is 1. The highest BCUT2D eigenvalue weighted by Crippen LogP contribution is 2.50. The minimum Gasteiger partial charge on any atom is -0.489 e. The summed E-state index contributed by atoms with van der Waals surface area (Å²) in [6, 6.07) is 31.6. The molecule has 0 radical (unpaired) electrons. The summed E-state index contributed by atoms with van der Waals surface area (Å²) < 4.78 is 104. The predicted octanol–water partition coefficient (Wildman–Crippen LogP) is 9.56. The van der Waals surface area contributed by atoms with E-state index >= 15 is 0 Å². The summed E-state index contributed by atoms with van der Waals surface area (Å²) in [5, 5.41) is 11.2. The van der Waals surface area contributed by atoms with E-state index in [0.29, 0.717) is 22.4 Å². The third-order valence-electron chi connectivity index (χ3n) is 10.9. The molecule has 2 fully saturated rings. The summed E-state index contributed by atoms with van der Waals surface area (Å²) in [6.45, 7) is 5.12. The van der Waals surface area contributed by atoms with Crippen molar-refractivity contribution in [3.63, 3.8) is 0 Å². The van der Waals surface area contributed by atoms with Crippen LogP contribution >= 0.6 is 0 Å². The first-order chi connectivity index (χ1) is 30.3. The van der Waals surface area contributed by atoms with E-state index in [0.717, 1.165) is 28.8 Å². The highest BCUT2D eigenvalue weighted by Gasteiger charge is 2.51. The minimum atomic E-state index is -5.95. The first-order valence-electron chi connectivity index (χ1n) is 20.3. The van der Waals surface area contributed by atoms with Crippen molar-refractivity contribution in [1.29, 1.82) is 0 Å². The number of aliphatic hydroxyl groups is 1. The van der Waals surface area contributed by atoms with Crippen LogP contribution in [0.25, 0.3) is 12.2 Å². The van der Waals surface area contributed by atoms with E-state index < -0.39 is 62.6 Å². The summed E-state index contributed by atoms with van der Waals surface area (Å²) >= 11 is 0. The molecule has 7 rings (SSSR count). The van der Waals surface area contributed by atoms with Gasteiger partial charge in [-0.2, -0.15) is 21.6 Å². The molecule has 0 aliphatic carbocycles. The van der Waals surface area contributed by atoms with Gasteiger partial charge in [-0.05, 0) is 97.0 Å². The maximum Gasteiger partial charge on any atom is 0.534 e. The Balaban J connectivity index is 1.21. The summed E-state index contributed by atoms with van der Waals surface area (Å²) in [5.41, 5.74) is -2.55. The van der Waals surface area contributed by atoms with Crippen LogP contribution in [0, 0.1) is 11.7 Å². The average molecular weight is 904 g/mol. The van der Waals surface area contributed by atoms with Gasteiger partial charge in [0.25, 0.3) is 0 Å². The molecular weight excluding hydrogens is 859 g/mol. The molecule has 2 aliphatic rings. The lowest BCUT2D eigenvalue weighted by atomic mass is 9.77. The van der Waals surface area contributed by atoms with Gasteiger partial charge in [-0.15, -0.1) is 0 Å². The van der Waals surface area contributed by atoms with Crippen LogP contribution in [0.3, 0.4) is 0 Å². The van der Waals surface area contributed by atoms with Gasteiger partial charge in [-0.25, -0.2) is 4.39 Å². The van der Waals surface area contributed by atoms with Crippen molar-refractivity contribution in [2.75, 3.05) is 18.1 Å². The molecule has 0 saturated carbocycles. The normalized spacial score (nSPS) is 18.9. The number of nitrogens with zero attached hydrogens (tertiary/aromatic N) is 1. The highest BCUT2D eigenvalue weighted by atomic mass is 32.2. The zero-order valence-electron chi connectivity index (χ0n) is 35.0. The average Bonchev–Trinajstić information content (AvgIpc) is 3.26. The number of ether oxygens (including phenoxy) is 4. The molecule has 0 spiro atoms. The van der Waals surface area contributed by atoms with E-state index in [9.17, 15) is 40.7 Å². The maximum atomic E-state index is 14.2. The topological polar surface area (TPSA) is 138 Å². The number of carbonyl (C=O) groups excluding carboxylic acids is 2. The number of alkyl halides is 3. The zero-order chi connectivity index (χ0) is 45.9. The molecule has 16 heteroatoms. The van der Waals surface area contributed by atoms with Gasteiger partial charge in [-0.3, -0.25) is 9.59 Å². The third-order valence-corrected chi connectivity index (χ3v) is 11.9. The molecule has 3 atom stereocenters. The Morgan fingerprint density at radius 3 is 2.14 bits per heavy atom. The fourth-order valence-electron chi connectivity index (χ4n) is 7.50. The van der Waals surface area contributed by atoms with Crippen molar-refractivity contribution in [2.24, 2.45) is 5.92 Å². The summed E-state index contributed by atoms with van der Waals surface area (Å²) in [7, 11) is -5.95. The van der Waals surface area contributed by atoms with Gasteiger partial charge in [0.05, 0.1) is 25.2 Å². The summed E-state index contributed by atoms with van der Waals surface area (Å²) in [5.74, 6) is -3.15. The number of halogens is 4. The SMILES string of the molecule is CC(=O)O[C@@H](CC[C@H]1C(=O)N(c2ccc(OS(=O)(=O)C(F)(F)F)cc2)[C@@H]1c1ccc(C=Cc2ccc(C3(O)COC(C)(C)OC3)cc2)cc1OCc1ccccc1)c1ccc(F)cc1. The second-order valence-electron chi connectivity index (χ2n) is 16.0. The first-order valence-corrected chi connectivity index (χ1v) is 21.7. The Labute approximate surface area is 367 Å². The zero-order valence-corrected chi connectivity index (χ0v) is 35.8. The molecule has 336 valence electrons. The number of rotatable bonds is 15. The molecule has 0 unspecified atom stereocenters. The van der Waals surface area contributed by atoms with Gasteiger partial charge in [0.15, 0.2) is 5.79 Å². The van der Waals surface area contributed by atoms with E-state index in [1.807, 2.05) is 72.8 Å². The molecule has 0 aromatic heterocycles. The van der Waals surface area contributed by atoms with Crippen LogP contribution in [-0.2, 0) is 46.1 Å². The van der Waals surface area contributed by atoms with Crippen molar-refractivity contribution in [3.05, 3.63) is 161 Å². The molecule has 11 nitrogen and oxygen atoms in total. The van der Waals surface area contributed by atoms with Crippen molar-refractivity contribution in [3.8, 4) is 11.5 Å². The molecule has 0 bridgehead atoms. The quantitative estimate of drug-likeness (QED) is 0.0270.